The lowest BCUT2D eigenvalue weighted by atomic mass is 10.1. The van der Waals surface area contributed by atoms with E-state index in [1.807, 2.05) is 32.9 Å². The molecule has 0 aliphatic carbocycles. The zero-order valence-corrected chi connectivity index (χ0v) is 17.4. The minimum atomic E-state index is -0.304. The molecule has 1 amide bonds. The van der Waals surface area contributed by atoms with Crippen LogP contribution in [0.25, 0.3) is 0 Å². The standard InChI is InChI=1S/C20H20FN3O2S2/c1-12-8-13(2)18(14(3)9-12)26-10-17(25)22-19-23-24-20(28-19)27-11-15-6-4-5-7-16(15)21/h4-9H,10-11H2,1-3H3,(H,22,23,25). The molecule has 0 atom stereocenters. The summed E-state index contributed by atoms with van der Waals surface area (Å²) in [5, 5.41) is 11.1. The minimum absolute atomic E-state index is 0.109. The largest absolute Gasteiger partial charge is 0.483 e. The van der Waals surface area contributed by atoms with Crippen LogP contribution < -0.4 is 10.1 Å². The Labute approximate surface area is 171 Å². The number of carbonyl (C=O) groups is 1. The van der Waals surface area contributed by atoms with Crippen molar-refractivity contribution in [1.29, 1.82) is 0 Å². The Bertz CT molecular complexity index is 968. The van der Waals surface area contributed by atoms with Crippen molar-refractivity contribution in [1.82, 2.24) is 10.2 Å². The molecule has 0 aliphatic rings. The number of anilines is 1. The molecule has 0 unspecified atom stereocenters. The van der Waals surface area contributed by atoms with Gasteiger partial charge in [0.05, 0.1) is 0 Å². The van der Waals surface area contributed by atoms with Crippen LogP contribution in [-0.2, 0) is 10.5 Å². The van der Waals surface area contributed by atoms with Gasteiger partial charge in [-0.15, -0.1) is 10.2 Å². The molecule has 0 bridgehead atoms. The van der Waals surface area contributed by atoms with Crippen LogP contribution in [0.2, 0.25) is 0 Å². The van der Waals surface area contributed by atoms with Crippen molar-refractivity contribution in [2.75, 3.05) is 11.9 Å². The quantitative estimate of drug-likeness (QED) is 0.437. The Morgan fingerprint density at radius 2 is 1.89 bits per heavy atom. The number of hydrogen-bond acceptors (Lipinski definition) is 6. The molecule has 28 heavy (non-hydrogen) atoms. The Balaban J connectivity index is 1.52. The van der Waals surface area contributed by atoms with Gasteiger partial charge in [0.25, 0.3) is 5.91 Å². The monoisotopic (exact) mass is 417 g/mol. The fourth-order valence-electron chi connectivity index (χ4n) is 2.76. The first-order chi connectivity index (χ1) is 13.4. The van der Waals surface area contributed by atoms with Gasteiger partial charge < -0.3 is 4.74 Å². The summed E-state index contributed by atoms with van der Waals surface area (Å²) in [6.45, 7) is 5.82. The highest BCUT2D eigenvalue weighted by molar-refractivity contribution is 8.00. The number of ether oxygens (including phenoxy) is 1. The minimum Gasteiger partial charge on any atom is -0.483 e. The smallest absolute Gasteiger partial charge is 0.264 e. The number of carbonyl (C=O) groups excluding carboxylic acids is 1. The van der Waals surface area contributed by atoms with E-state index in [-0.39, 0.29) is 18.3 Å². The molecular formula is C20H20FN3O2S2. The van der Waals surface area contributed by atoms with Crippen molar-refractivity contribution in [2.45, 2.75) is 30.9 Å². The van der Waals surface area contributed by atoms with Crippen molar-refractivity contribution in [3.05, 3.63) is 64.5 Å². The summed E-state index contributed by atoms with van der Waals surface area (Å²) in [6, 6.07) is 10.7. The van der Waals surface area contributed by atoms with Gasteiger partial charge in [-0.25, -0.2) is 4.39 Å². The molecule has 5 nitrogen and oxygen atoms in total. The summed E-state index contributed by atoms with van der Waals surface area (Å²) < 4.78 is 20.0. The molecular weight excluding hydrogens is 397 g/mol. The second-order valence-corrected chi connectivity index (χ2v) is 8.52. The van der Waals surface area contributed by atoms with Gasteiger partial charge in [-0.1, -0.05) is 59.0 Å². The van der Waals surface area contributed by atoms with Gasteiger partial charge in [0.1, 0.15) is 11.6 Å². The molecule has 1 heterocycles. The summed E-state index contributed by atoms with van der Waals surface area (Å²) in [5.74, 6) is 0.622. The SMILES string of the molecule is Cc1cc(C)c(OCC(=O)Nc2nnc(SCc3ccccc3F)s2)c(C)c1. The van der Waals surface area contributed by atoms with Crippen molar-refractivity contribution < 1.29 is 13.9 Å². The van der Waals surface area contributed by atoms with Crippen LogP contribution in [0.15, 0.2) is 40.7 Å². The van der Waals surface area contributed by atoms with Gasteiger partial charge in [-0.3, -0.25) is 10.1 Å². The zero-order chi connectivity index (χ0) is 20.1. The van der Waals surface area contributed by atoms with Crippen LogP contribution in [-0.4, -0.2) is 22.7 Å². The molecule has 0 saturated carbocycles. The first kappa shape index (κ1) is 20.3. The van der Waals surface area contributed by atoms with E-state index in [2.05, 4.69) is 15.5 Å². The van der Waals surface area contributed by atoms with Crippen molar-refractivity contribution in [2.24, 2.45) is 0 Å². The van der Waals surface area contributed by atoms with Gasteiger partial charge in [-0.2, -0.15) is 0 Å². The van der Waals surface area contributed by atoms with E-state index in [4.69, 9.17) is 4.74 Å². The zero-order valence-electron chi connectivity index (χ0n) is 15.8. The second kappa shape index (κ2) is 9.16. The van der Waals surface area contributed by atoms with E-state index in [9.17, 15) is 9.18 Å². The first-order valence-corrected chi connectivity index (χ1v) is 10.4. The van der Waals surface area contributed by atoms with Crippen LogP contribution in [0.4, 0.5) is 9.52 Å². The van der Waals surface area contributed by atoms with Crippen LogP contribution in [0.5, 0.6) is 5.75 Å². The Hall–Kier alpha value is -2.45. The molecule has 3 rings (SSSR count). The number of rotatable bonds is 7. The number of thioether (sulfide) groups is 1. The van der Waals surface area contributed by atoms with E-state index in [0.29, 0.717) is 20.8 Å². The van der Waals surface area contributed by atoms with E-state index in [1.54, 1.807) is 18.2 Å². The highest BCUT2D eigenvalue weighted by Crippen LogP contribution is 2.29. The molecule has 0 spiro atoms. The normalized spacial score (nSPS) is 10.7. The highest BCUT2D eigenvalue weighted by atomic mass is 32.2. The third kappa shape index (κ3) is 5.30. The van der Waals surface area contributed by atoms with Crippen LogP contribution in [0.1, 0.15) is 22.3 Å². The molecule has 0 fully saturated rings. The topological polar surface area (TPSA) is 64.1 Å². The molecule has 8 heteroatoms. The molecule has 146 valence electrons. The number of benzene rings is 2. The highest BCUT2D eigenvalue weighted by Gasteiger charge is 2.12. The number of aryl methyl sites for hydroxylation is 3. The van der Waals surface area contributed by atoms with E-state index in [1.165, 1.54) is 29.2 Å². The van der Waals surface area contributed by atoms with E-state index < -0.39 is 0 Å². The van der Waals surface area contributed by atoms with Crippen LogP contribution in [0.3, 0.4) is 0 Å². The predicted molar refractivity (Wildman–Crippen MR) is 111 cm³/mol. The van der Waals surface area contributed by atoms with Gasteiger partial charge in [0, 0.05) is 5.75 Å². The number of amides is 1. The van der Waals surface area contributed by atoms with E-state index >= 15 is 0 Å². The summed E-state index contributed by atoms with van der Waals surface area (Å²) in [5.41, 5.74) is 3.74. The number of aromatic nitrogens is 2. The maximum atomic E-state index is 13.7. The fraction of sp³-hybridized carbons (Fsp3) is 0.250. The summed E-state index contributed by atoms with van der Waals surface area (Å²) in [7, 11) is 0. The summed E-state index contributed by atoms with van der Waals surface area (Å²) in [4.78, 5) is 12.2. The van der Waals surface area contributed by atoms with Crippen molar-refractivity contribution in [3.63, 3.8) is 0 Å². The average molecular weight is 418 g/mol. The number of nitrogens with zero attached hydrogens (tertiary/aromatic N) is 2. The summed E-state index contributed by atoms with van der Waals surface area (Å²) >= 11 is 2.62. The van der Waals surface area contributed by atoms with Crippen molar-refractivity contribution >= 4 is 34.1 Å². The predicted octanol–water partition coefficient (Wildman–Crippen LogP) is 4.91. The van der Waals surface area contributed by atoms with Crippen molar-refractivity contribution in [3.8, 4) is 5.75 Å². The number of hydrogen-bond donors (Lipinski definition) is 1. The Morgan fingerprint density at radius 1 is 1.18 bits per heavy atom. The third-order valence-electron chi connectivity index (χ3n) is 3.91. The molecule has 2 aromatic carbocycles. The number of nitrogens with one attached hydrogen (secondary N) is 1. The Morgan fingerprint density at radius 3 is 2.61 bits per heavy atom. The van der Waals surface area contributed by atoms with Gasteiger partial charge in [0.2, 0.25) is 5.13 Å². The average Bonchev–Trinajstić information content (AvgIpc) is 3.07. The first-order valence-electron chi connectivity index (χ1n) is 8.62. The molecule has 1 aromatic heterocycles. The van der Waals surface area contributed by atoms with E-state index in [0.717, 1.165) is 22.4 Å². The molecule has 0 saturated heterocycles. The fourth-order valence-corrected chi connectivity index (χ4v) is 4.52. The van der Waals surface area contributed by atoms with Crippen LogP contribution >= 0.6 is 23.1 Å². The summed E-state index contributed by atoms with van der Waals surface area (Å²) in [6.07, 6.45) is 0. The third-order valence-corrected chi connectivity index (χ3v) is 5.93. The lowest BCUT2D eigenvalue weighted by Crippen LogP contribution is -2.20. The molecule has 0 aliphatic heterocycles. The molecule has 1 N–H and O–H groups in total. The number of halogens is 1. The molecule has 0 radical (unpaired) electrons. The maximum Gasteiger partial charge on any atom is 0.264 e. The second-order valence-electron chi connectivity index (χ2n) is 6.32. The van der Waals surface area contributed by atoms with Gasteiger partial charge in [-0.05, 0) is 43.5 Å². The maximum absolute atomic E-state index is 13.7. The molecule has 3 aromatic rings. The van der Waals surface area contributed by atoms with Gasteiger partial charge in [0.15, 0.2) is 10.9 Å². The Kier molecular flexibility index (Phi) is 6.64. The lowest BCUT2D eigenvalue weighted by molar-refractivity contribution is -0.118. The van der Waals surface area contributed by atoms with Crippen LogP contribution in [0, 0.1) is 26.6 Å². The lowest BCUT2D eigenvalue weighted by Gasteiger charge is -2.12. The van der Waals surface area contributed by atoms with Gasteiger partial charge >= 0.3 is 0 Å².